The molecule has 3 unspecified atom stereocenters. The van der Waals surface area contributed by atoms with Gasteiger partial charge in [0.05, 0.1) is 11.7 Å². The molecule has 0 aliphatic carbocycles. The van der Waals surface area contributed by atoms with E-state index in [0.717, 1.165) is 19.3 Å². The summed E-state index contributed by atoms with van der Waals surface area (Å²) < 4.78 is 0. The van der Waals surface area contributed by atoms with Gasteiger partial charge in [-0.3, -0.25) is 0 Å². The average molecular weight is 264 g/mol. The molecular weight excluding hydrogens is 232 g/mol. The molecule has 112 valence electrons. The van der Waals surface area contributed by atoms with Crippen LogP contribution in [-0.2, 0) is 0 Å². The third-order valence-electron chi connectivity index (χ3n) is 3.43. The van der Waals surface area contributed by atoms with Gasteiger partial charge in [-0.15, -0.1) is 0 Å². The summed E-state index contributed by atoms with van der Waals surface area (Å²) in [6.07, 6.45) is 2.26. The van der Waals surface area contributed by atoms with Gasteiger partial charge in [0.15, 0.2) is 0 Å². The predicted molar refractivity (Wildman–Crippen MR) is 74.3 cm³/mol. The first-order valence-corrected chi connectivity index (χ1v) is 6.82. The smallest absolute Gasteiger partial charge is 0.0897 e. The van der Waals surface area contributed by atoms with Crippen LogP contribution >= 0.6 is 0 Å². The zero-order valence-corrected chi connectivity index (χ0v) is 12.6. The second kappa shape index (κ2) is 10.7. The molecule has 0 saturated heterocycles. The Labute approximate surface area is 112 Å². The van der Waals surface area contributed by atoms with Gasteiger partial charge in [0.2, 0.25) is 0 Å². The van der Waals surface area contributed by atoms with Crippen molar-refractivity contribution in [2.75, 3.05) is 13.2 Å². The standard InChI is InChI=1S/2C7H16O2/c1-5(2)7(4,9)6(3)8;1-7(6-9)4-2-3-5-8/h5-6,8-9H,1-4H3;7-9H,2-6H2,1H3. The van der Waals surface area contributed by atoms with Crippen LogP contribution in [0.2, 0.25) is 0 Å². The Morgan fingerprint density at radius 1 is 1.00 bits per heavy atom. The SMILES string of the molecule is CC(C)C(C)(O)C(C)O.CC(CO)CCCCO. The van der Waals surface area contributed by atoms with Crippen LogP contribution in [-0.4, -0.2) is 45.3 Å². The monoisotopic (exact) mass is 264 g/mol. The summed E-state index contributed by atoms with van der Waals surface area (Å²) in [4.78, 5) is 0. The van der Waals surface area contributed by atoms with Crippen LogP contribution in [0.1, 0.15) is 53.9 Å². The Bertz CT molecular complexity index is 169. The first kappa shape index (κ1) is 20.2. The lowest BCUT2D eigenvalue weighted by Crippen LogP contribution is -2.42. The van der Waals surface area contributed by atoms with E-state index >= 15 is 0 Å². The Balaban J connectivity index is 0. The Hall–Kier alpha value is -0.160. The molecule has 0 spiro atoms. The van der Waals surface area contributed by atoms with Crippen LogP contribution in [0, 0.1) is 11.8 Å². The fraction of sp³-hybridized carbons (Fsp3) is 1.00. The largest absolute Gasteiger partial charge is 0.396 e. The molecule has 4 N–H and O–H groups in total. The van der Waals surface area contributed by atoms with Gasteiger partial charge < -0.3 is 20.4 Å². The number of hydrogen-bond donors (Lipinski definition) is 4. The molecule has 0 rings (SSSR count). The Morgan fingerprint density at radius 2 is 1.50 bits per heavy atom. The molecule has 18 heavy (non-hydrogen) atoms. The summed E-state index contributed by atoms with van der Waals surface area (Å²) in [5, 5.41) is 35.4. The molecule has 0 saturated carbocycles. The first-order valence-electron chi connectivity index (χ1n) is 6.82. The van der Waals surface area contributed by atoms with Gasteiger partial charge in [-0.2, -0.15) is 0 Å². The van der Waals surface area contributed by atoms with Crippen molar-refractivity contribution in [1.29, 1.82) is 0 Å². The third kappa shape index (κ3) is 9.83. The van der Waals surface area contributed by atoms with Crippen LogP contribution < -0.4 is 0 Å². The summed E-state index contributed by atoms with van der Waals surface area (Å²) in [5.74, 6) is 0.494. The lowest BCUT2D eigenvalue weighted by atomic mass is 9.88. The summed E-state index contributed by atoms with van der Waals surface area (Å²) in [7, 11) is 0. The fourth-order valence-electron chi connectivity index (χ4n) is 1.18. The van der Waals surface area contributed by atoms with Crippen molar-refractivity contribution in [3.05, 3.63) is 0 Å². The molecule has 0 aromatic heterocycles. The van der Waals surface area contributed by atoms with Gasteiger partial charge in [0, 0.05) is 13.2 Å². The van der Waals surface area contributed by atoms with E-state index in [2.05, 4.69) is 0 Å². The fourth-order valence-corrected chi connectivity index (χ4v) is 1.18. The number of aliphatic hydroxyl groups is 4. The van der Waals surface area contributed by atoms with Crippen molar-refractivity contribution in [2.45, 2.75) is 65.6 Å². The minimum absolute atomic E-state index is 0.0949. The predicted octanol–water partition coefficient (Wildman–Crippen LogP) is 1.55. The van der Waals surface area contributed by atoms with Crippen molar-refractivity contribution in [2.24, 2.45) is 11.8 Å². The van der Waals surface area contributed by atoms with E-state index in [1.54, 1.807) is 13.8 Å². The second-order valence-corrected chi connectivity index (χ2v) is 5.56. The molecule has 0 aliphatic rings. The normalized spacial score (nSPS) is 17.7. The second-order valence-electron chi connectivity index (χ2n) is 5.56. The lowest BCUT2D eigenvalue weighted by molar-refractivity contribution is -0.0831. The van der Waals surface area contributed by atoms with Crippen LogP contribution in [0.25, 0.3) is 0 Å². The number of rotatable bonds is 7. The molecule has 3 atom stereocenters. The van der Waals surface area contributed by atoms with Gasteiger partial charge in [0.1, 0.15) is 0 Å². The number of aliphatic hydroxyl groups excluding tert-OH is 3. The Morgan fingerprint density at radius 3 is 1.72 bits per heavy atom. The first-order chi connectivity index (χ1) is 8.19. The van der Waals surface area contributed by atoms with E-state index in [4.69, 9.17) is 15.3 Å². The van der Waals surface area contributed by atoms with Gasteiger partial charge in [-0.1, -0.05) is 27.2 Å². The molecule has 0 heterocycles. The van der Waals surface area contributed by atoms with Crippen molar-refractivity contribution in [3.63, 3.8) is 0 Å². The highest BCUT2D eigenvalue weighted by Crippen LogP contribution is 2.19. The summed E-state index contributed by atoms with van der Waals surface area (Å²) in [6.45, 7) is 9.56. The molecular formula is C14H32O4. The van der Waals surface area contributed by atoms with E-state index in [9.17, 15) is 5.11 Å². The third-order valence-corrected chi connectivity index (χ3v) is 3.43. The van der Waals surface area contributed by atoms with Crippen molar-refractivity contribution in [3.8, 4) is 0 Å². The summed E-state index contributed by atoms with van der Waals surface area (Å²) in [6, 6.07) is 0. The van der Waals surface area contributed by atoms with Crippen LogP contribution in [0.15, 0.2) is 0 Å². The van der Waals surface area contributed by atoms with E-state index < -0.39 is 11.7 Å². The molecule has 4 heteroatoms. The Kier molecular flexibility index (Phi) is 12.0. The highest BCUT2D eigenvalue weighted by molar-refractivity contribution is 4.81. The van der Waals surface area contributed by atoms with Crippen LogP contribution in [0.4, 0.5) is 0 Å². The topological polar surface area (TPSA) is 80.9 Å². The average Bonchev–Trinajstić information content (AvgIpc) is 2.29. The minimum atomic E-state index is -0.944. The number of hydrogen-bond acceptors (Lipinski definition) is 4. The highest BCUT2D eigenvalue weighted by atomic mass is 16.3. The number of unbranched alkanes of at least 4 members (excludes halogenated alkanes) is 1. The molecule has 4 nitrogen and oxygen atoms in total. The van der Waals surface area contributed by atoms with Crippen LogP contribution in [0.5, 0.6) is 0 Å². The summed E-state index contributed by atoms with van der Waals surface area (Å²) >= 11 is 0. The zero-order chi connectivity index (χ0) is 14.8. The van der Waals surface area contributed by atoms with Gasteiger partial charge in [-0.05, 0) is 38.5 Å². The van der Waals surface area contributed by atoms with Crippen molar-refractivity contribution >= 4 is 0 Å². The van der Waals surface area contributed by atoms with E-state index in [0.29, 0.717) is 5.92 Å². The minimum Gasteiger partial charge on any atom is -0.396 e. The molecule has 0 radical (unpaired) electrons. The molecule has 0 aliphatic heterocycles. The van der Waals surface area contributed by atoms with E-state index in [1.807, 2.05) is 20.8 Å². The van der Waals surface area contributed by atoms with E-state index in [1.165, 1.54) is 0 Å². The van der Waals surface area contributed by atoms with Gasteiger partial charge in [-0.25, -0.2) is 0 Å². The zero-order valence-electron chi connectivity index (χ0n) is 12.6. The van der Waals surface area contributed by atoms with Crippen LogP contribution in [0.3, 0.4) is 0 Å². The highest BCUT2D eigenvalue weighted by Gasteiger charge is 2.29. The maximum absolute atomic E-state index is 9.42. The van der Waals surface area contributed by atoms with Crippen molar-refractivity contribution in [1.82, 2.24) is 0 Å². The van der Waals surface area contributed by atoms with Gasteiger partial charge in [0.25, 0.3) is 0 Å². The quantitative estimate of drug-likeness (QED) is 0.526. The molecule has 0 aromatic carbocycles. The maximum Gasteiger partial charge on any atom is 0.0897 e. The molecule has 0 amide bonds. The molecule has 0 aromatic rings. The molecule has 0 fully saturated rings. The summed E-state index contributed by atoms with van der Waals surface area (Å²) in [5.41, 5.74) is -0.944. The van der Waals surface area contributed by atoms with Crippen molar-refractivity contribution < 1.29 is 20.4 Å². The maximum atomic E-state index is 9.42. The van der Waals surface area contributed by atoms with E-state index in [-0.39, 0.29) is 19.1 Å². The molecule has 0 bridgehead atoms. The van der Waals surface area contributed by atoms with Gasteiger partial charge >= 0.3 is 0 Å². The lowest BCUT2D eigenvalue weighted by Gasteiger charge is -2.30.